The number of hydrogen-bond donors (Lipinski definition) is 1. The van der Waals surface area contributed by atoms with Gasteiger partial charge in [0.05, 0.1) is 0 Å². The number of quaternary nitrogens is 1. The Kier molecular flexibility index (Phi) is 2.76. The zero-order chi connectivity index (χ0) is 10.9. The van der Waals surface area contributed by atoms with Crippen molar-refractivity contribution >= 4 is 5.97 Å². The number of halogens is 3. The molecule has 0 saturated carbocycles. The minimum Gasteiger partial charge on any atom is -0.544 e. The Morgan fingerprint density at radius 3 is 2.07 bits per heavy atom. The van der Waals surface area contributed by atoms with Crippen LogP contribution in [-0.4, -0.2) is 5.97 Å². The number of aliphatic carboxylic acids is 1. The molecule has 0 aliphatic heterocycles. The maximum absolute atomic E-state index is 12.6. The second kappa shape index (κ2) is 3.67. The van der Waals surface area contributed by atoms with Gasteiger partial charge in [-0.25, -0.2) is 13.2 Å². The molecule has 0 heterocycles. The van der Waals surface area contributed by atoms with Crippen LogP contribution in [0.2, 0.25) is 0 Å². The van der Waals surface area contributed by atoms with Gasteiger partial charge < -0.3 is 15.6 Å². The van der Waals surface area contributed by atoms with E-state index in [0.717, 1.165) is 0 Å². The minimum absolute atomic E-state index is 0.276. The van der Waals surface area contributed by atoms with Gasteiger partial charge >= 0.3 is 0 Å². The highest BCUT2D eigenvalue weighted by molar-refractivity contribution is 5.71. The van der Waals surface area contributed by atoms with E-state index in [1.165, 1.54) is 0 Å². The van der Waals surface area contributed by atoms with Gasteiger partial charge in [0.15, 0.2) is 23.5 Å². The molecule has 1 aromatic carbocycles. The van der Waals surface area contributed by atoms with Crippen LogP contribution in [0.15, 0.2) is 12.1 Å². The molecule has 0 aromatic heterocycles. The van der Waals surface area contributed by atoms with Crippen molar-refractivity contribution < 1.29 is 28.8 Å². The van der Waals surface area contributed by atoms with Gasteiger partial charge in [0.1, 0.15) is 5.97 Å². The fraction of sp³-hybridized carbons (Fsp3) is 0.125. The van der Waals surface area contributed by atoms with Crippen LogP contribution in [0.4, 0.5) is 13.2 Å². The minimum atomic E-state index is -1.64. The number of hydrogen-bond acceptors (Lipinski definition) is 2. The lowest BCUT2D eigenvalue weighted by molar-refractivity contribution is -0.443. The molecule has 0 aliphatic carbocycles. The lowest BCUT2D eigenvalue weighted by Crippen LogP contribution is -2.61. The van der Waals surface area contributed by atoms with Gasteiger partial charge in [0.2, 0.25) is 0 Å². The van der Waals surface area contributed by atoms with Gasteiger partial charge in [0, 0.05) is 5.56 Å². The Hall–Kier alpha value is -1.56. The third kappa shape index (κ3) is 1.85. The maximum atomic E-state index is 12.6. The van der Waals surface area contributed by atoms with Crippen molar-refractivity contribution in [3.05, 3.63) is 35.1 Å². The quantitative estimate of drug-likeness (QED) is 0.638. The molecule has 14 heavy (non-hydrogen) atoms. The summed E-state index contributed by atoms with van der Waals surface area (Å²) in [4.78, 5) is 10.3. The predicted molar refractivity (Wildman–Crippen MR) is 37.0 cm³/mol. The Bertz CT molecular complexity index is 358. The van der Waals surface area contributed by atoms with Gasteiger partial charge in [-0.1, -0.05) is 0 Å². The third-order valence-corrected chi connectivity index (χ3v) is 1.69. The Morgan fingerprint density at radius 2 is 1.71 bits per heavy atom. The van der Waals surface area contributed by atoms with Crippen LogP contribution in [0.3, 0.4) is 0 Å². The number of carboxylic acid groups (broad SMARTS) is 1. The van der Waals surface area contributed by atoms with Crippen LogP contribution >= 0.6 is 0 Å². The Labute approximate surface area is 77.0 Å². The summed E-state index contributed by atoms with van der Waals surface area (Å²) in [5.74, 6) is -6.13. The van der Waals surface area contributed by atoms with Crippen LogP contribution in [0, 0.1) is 17.5 Å². The Morgan fingerprint density at radius 1 is 1.29 bits per heavy atom. The zero-order valence-electron chi connectivity index (χ0n) is 6.89. The van der Waals surface area contributed by atoms with Crippen LogP contribution in [0.5, 0.6) is 0 Å². The molecule has 6 heteroatoms. The van der Waals surface area contributed by atoms with Crippen LogP contribution in [-0.2, 0) is 4.79 Å². The van der Waals surface area contributed by atoms with E-state index < -0.39 is 29.5 Å². The molecule has 3 nitrogen and oxygen atoms in total. The van der Waals surface area contributed by atoms with E-state index in [1.807, 2.05) is 0 Å². The summed E-state index contributed by atoms with van der Waals surface area (Å²) < 4.78 is 37.7. The number of benzene rings is 1. The smallest absolute Gasteiger partial charge is 0.194 e. The lowest BCUT2D eigenvalue weighted by atomic mass is 10.1. The highest BCUT2D eigenvalue weighted by Gasteiger charge is 2.17. The van der Waals surface area contributed by atoms with Gasteiger partial charge in [-0.3, -0.25) is 0 Å². The van der Waals surface area contributed by atoms with Crippen molar-refractivity contribution in [3.63, 3.8) is 0 Å². The molecular formula is C8H6F3NO2. The summed E-state index contributed by atoms with van der Waals surface area (Å²) in [7, 11) is 0. The largest absolute Gasteiger partial charge is 0.544 e. The van der Waals surface area contributed by atoms with Gasteiger partial charge in [-0.05, 0) is 12.1 Å². The zero-order valence-corrected chi connectivity index (χ0v) is 6.89. The van der Waals surface area contributed by atoms with E-state index in [9.17, 15) is 23.1 Å². The summed E-state index contributed by atoms with van der Waals surface area (Å²) in [5.41, 5.74) is 2.83. The monoisotopic (exact) mass is 205 g/mol. The molecule has 0 aliphatic rings. The molecule has 0 bridgehead atoms. The molecule has 0 spiro atoms. The van der Waals surface area contributed by atoms with E-state index in [0.29, 0.717) is 12.1 Å². The van der Waals surface area contributed by atoms with Crippen molar-refractivity contribution in [2.24, 2.45) is 0 Å². The highest BCUT2D eigenvalue weighted by atomic mass is 19.2. The molecule has 1 rings (SSSR count). The van der Waals surface area contributed by atoms with E-state index in [-0.39, 0.29) is 5.56 Å². The Balaban J connectivity index is 3.19. The second-order valence-corrected chi connectivity index (χ2v) is 2.67. The number of carbonyl (C=O) groups is 1. The summed E-state index contributed by atoms with van der Waals surface area (Å²) >= 11 is 0. The molecule has 0 saturated heterocycles. The normalized spacial score (nSPS) is 12.6. The average molecular weight is 205 g/mol. The van der Waals surface area contributed by atoms with Crippen LogP contribution < -0.4 is 10.8 Å². The average Bonchev–Trinajstić information content (AvgIpc) is 2.12. The summed E-state index contributed by atoms with van der Waals surface area (Å²) in [5, 5.41) is 10.3. The SMILES string of the molecule is [NH3+][C@@H](C(=O)[O-])c1cc(F)c(F)c(F)c1. The van der Waals surface area contributed by atoms with Gasteiger partial charge in [-0.2, -0.15) is 0 Å². The van der Waals surface area contributed by atoms with E-state index in [1.54, 1.807) is 0 Å². The molecule has 0 unspecified atom stereocenters. The molecule has 0 amide bonds. The first-order chi connectivity index (χ1) is 6.43. The first-order valence-corrected chi connectivity index (χ1v) is 3.62. The van der Waals surface area contributed by atoms with Crippen molar-refractivity contribution in [2.45, 2.75) is 6.04 Å². The van der Waals surface area contributed by atoms with E-state index >= 15 is 0 Å². The fourth-order valence-corrected chi connectivity index (χ4v) is 0.912. The summed E-state index contributed by atoms with van der Waals surface area (Å²) in [6.45, 7) is 0. The predicted octanol–water partition coefficient (Wildman–Crippen LogP) is -0.863. The van der Waals surface area contributed by atoms with Crippen molar-refractivity contribution in [3.8, 4) is 0 Å². The third-order valence-electron chi connectivity index (χ3n) is 1.69. The van der Waals surface area contributed by atoms with Crippen molar-refractivity contribution in [1.29, 1.82) is 0 Å². The molecule has 1 aromatic rings. The van der Waals surface area contributed by atoms with Crippen LogP contribution in [0.1, 0.15) is 11.6 Å². The van der Waals surface area contributed by atoms with Crippen LogP contribution in [0.25, 0.3) is 0 Å². The fourth-order valence-electron chi connectivity index (χ4n) is 0.912. The molecule has 0 fully saturated rings. The summed E-state index contributed by atoms with van der Waals surface area (Å²) in [6.07, 6.45) is 0. The number of rotatable bonds is 2. The second-order valence-electron chi connectivity index (χ2n) is 2.67. The van der Waals surface area contributed by atoms with Crippen molar-refractivity contribution in [2.75, 3.05) is 0 Å². The molecule has 1 atom stereocenters. The van der Waals surface area contributed by atoms with E-state index in [2.05, 4.69) is 5.73 Å². The van der Waals surface area contributed by atoms with Gasteiger partial charge in [0.25, 0.3) is 0 Å². The molecule has 3 N–H and O–H groups in total. The first-order valence-electron chi connectivity index (χ1n) is 3.62. The number of carboxylic acids is 1. The van der Waals surface area contributed by atoms with Crippen molar-refractivity contribution in [1.82, 2.24) is 0 Å². The lowest BCUT2D eigenvalue weighted by Gasteiger charge is -2.09. The highest BCUT2D eigenvalue weighted by Crippen LogP contribution is 2.16. The molecular weight excluding hydrogens is 199 g/mol. The molecule has 76 valence electrons. The van der Waals surface area contributed by atoms with E-state index in [4.69, 9.17) is 0 Å². The van der Waals surface area contributed by atoms with Gasteiger partial charge in [-0.15, -0.1) is 0 Å². The summed E-state index contributed by atoms with van der Waals surface area (Å²) in [6, 6.07) is -0.280. The topological polar surface area (TPSA) is 67.8 Å². The standard InChI is InChI=1S/C8H6F3NO2/c9-4-1-3(7(12)8(13)14)2-5(10)6(4)11/h1-2,7H,12H2,(H,13,14)/t7-/m1/s1. The maximum Gasteiger partial charge on any atom is 0.194 e. The first kappa shape index (κ1) is 10.5. The number of carbonyl (C=O) groups excluding carboxylic acids is 1. The molecule has 0 radical (unpaired) electrons.